The highest BCUT2D eigenvalue weighted by Crippen LogP contribution is 2.36. The molecule has 3 N–H and O–H groups in total. The maximum atomic E-state index is 12.6. The standard InChI is InChI=1S/C20H27N3O4/c1-3-27-19(25)20(6-9-21-10-7-20)8-11-22-18-15-12-14(26-2)4-5-16(15)23-13-17(18)24/h4-5,12-13,21,24H,3,6-11H2,1-2H3,(H,22,23). The highest BCUT2D eigenvalue weighted by Gasteiger charge is 2.40. The normalized spacial score (nSPS) is 16.1. The van der Waals surface area contributed by atoms with E-state index >= 15 is 0 Å². The van der Waals surface area contributed by atoms with Crippen molar-refractivity contribution in [2.75, 3.05) is 38.7 Å². The maximum Gasteiger partial charge on any atom is 0.312 e. The number of rotatable bonds is 7. The lowest BCUT2D eigenvalue weighted by Gasteiger charge is -2.35. The number of anilines is 1. The van der Waals surface area contributed by atoms with Crippen molar-refractivity contribution < 1.29 is 19.4 Å². The van der Waals surface area contributed by atoms with Gasteiger partial charge in [-0.25, -0.2) is 0 Å². The van der Waals surface area contributed by atoms with E-state index in [1.54, 1.807) is 7.11 Å². The van der Waals surface area contributed by atoms with Gasteiger partial charge in [-0.15, -0.1) is 0 Å². The largest absolute Gasteiger partial charge is 0.504 e. The van der Waals surface area contributed by atoms with Gasteiger partial charge in [0.25, 0.3) is 0 Å². The molecule has 0 bridgehead atoms. The van der Waals surface area contributed by atoms with Crippen molar-refractivity contribution in [1.29, 1.82) is 0 Å². The Balaban J connectivity index is 1.79. The Morgan fingerprint density at radius 3 is 2.85 bits per heavy atom. The Morgan fingerprint density at radius 1 is 1.37 bits per heavy atom. The average Bonchev–Trinajstić information content (AvgIpc) is 2.70. The molecule has 7 nitrogen and oxygen atoms in total. The first-order valence-electron chi connectivity index (χ1n) is 9.37. The van der Waals surface area contributed by atoms with Gasteiger partial charge in [0.2, 0.25) is 0 Å². The van der Waals surface area contributed by atoms with Crippen molar-refractivity contribution in [1.82, 2.24) is 10.3 Å². The van der Waals surface area contributed by atoms with Crippen LogP contribution in [0.2, 0.25) is 0 Å². The molecule has 0 unspecified atom stereocenters. The number of piperidine rings is 1. The summed E-state index contributed by atoms with van der Waals surface area (Å²) in [7, 11) is 1.60. The number of hydrogen-bond donors (Lipinski definition) is 3. The lowest BCUT2D eigenvalue weighted by Crippen LogP contribution is -2.44. The van der Waals surface area contributed by atoms with E-state index in [0.717, 1.165) is 36.8 Å². The van der Waals surface area contributed by atoms with E-state index in [-0.39, 0.29) is 11.7 Å². The molecule has 0 atom stereocenters. The molecular formula is C20H27N3O4. The number of carbonyl (C=O) groups excluding carboxylic acids is 1. The second-order valence-corrected chi connectivity index (χ2v) is 6.83. The number of benzene rings is 1. The van der Waals surface area contributed by atoms with Crippen LogP contribution < -0.4 is 15.4 Å². The summed E-state index contributed by atoms with van der Waals surface area (Å²) in [5, 5.41) is 17.7. The van der Waals surface area contributed by atoms with E-state index in [0.29, 0.717) is 31.0 Å². The zero-order valence-corrected chi connectivity index (χ0v) is 15.9. The molecule has 0 amide bonds. The highest BCUT2D eigenvalue weighted by atomic mass is 16.5. The molecular weight excluding hydrogens is 346 g/mol. The molecule has 146 valence electrons. The molecule has 1 fully saturated rings. The van der Waals surface area contributed by atoms with Crippen LogP contribution in [-0.4, -0.2) is 49.4 Å². The van der Waals surface area contributed by atoms with Crippen LogP contribution in [0.4, 0.5) is 5.69 Å². The van der Waals surface area contributed by atoms with Crippen LogP contribution in [-0.2, 0) is 9.53 Å². The Bertz CT molecular complexity index is 803. The Labute approximate surface area is 159 Å². The van der Waals surface area contributed by atoms with Gasteiger partial charge in [-0.2, -0.15) is 0 Å². The number of aromatic hydroxyl groups is 1. The maximum absolute atomic E-state index is 12.6. The zero-order chi connectivity index (χ0) is 19.3. The van der Waals surface area contributed by atoms with Gasteiger partial charge in [0.15, 0.2) is 5.75 Å². The molecule has 2 aromatic rings. The summed E-state index contributed by atoms with van der Waals surface area (Å²) in [5.74, 6) is 0.643. The summed E-state index contributed by atoms with van der Waals surface area (Å²) in [5.41, 5.74) is 0.884. The number of esters is 1. The third-order valence-corrected chi connectivity index (χ3v) is 5.23. The Kier molecular flexibility index (Phi) is 6.01. The lowest BCUT2D eigenvalue weighted by molar-refractivity contribution is -0.157. The Morgan fingerprint density at radius 2 is 2.15 bits per heavy atom. The predicted octanol–water partition coefficient (Wildman–Crippen LogP) is 2.68. The van der Waals surface area contributed by atoms with Crippen LogP contribution in [0.15, 0.2) is 24.4 Å². The number of fused-ring (bicyclic) bond motifs is 1. The van der Waals surface area contributed by atoms with Gasteiger partial charge in [-0.1, -0.05) is 0 Å². The SMILES string of the molecule is CCOC(=O)C1(CCNc2c(O)cnc3ccc(OC)cc23)CCNCC1. The minimum atomic E-state index is -0.482. The Hall–Kier alpha value is -2.54. The van der Waals surface area contributed by atoms with Crippen LogP contribution in [0.1, 0.15) is 26.2 Å². The van der Waals surface area contributed by atoms with E-state index in [1.165, 1.54) is 6.20 Å². The number of ether oxygens (including phenoxy) is 2. The topological polar surface area (TPSA) is 92.7 Å². The zero-order valence-electron chi connectivity index (χ0n) is 15.9. The monoisotopic (exact) mass is 373 g/mol. The van der Waals surface area contributed by atoms with Crippen LogP contribution in [0.3, 0.4) is 0 Å². The van der Waals surface area contributed by atoms with Crippen LogP contribution in [0.5, 0.6) is 11.5 Å². The van der Waals surface area contributed by atoms with Crippen molar-refractivity contribution >= 4 is 22.6 Å². The van der Waals surface area contributed by atoms with Gasteiger partial charge in [0.1, 0.15) is 5.75 Å². The number of nitrogens with one attached hydrogen (secondary N) is 2. The quantitative estimate of drug-likeness (QED) is 0.643. The molecule has 0 radical (unpaired) electrons. The van der Waals surface area contributed by atoms with Gasteiger partial charge in [0.05, 0.1) is 36.5 Å². The number of aromatic nitrogens is 1. The summed E-state index contributed by atoms with van der Waals surface area (Å²) < 4.78 is 10.6. The number of methoxy groups -OCH3 is 1. The van der Waals surface area contributed by atoms with Crippen molar-refractivity contribution in [3.05, 3.63) is 24.4 Å². The molecule has 27 heavy (non-hydrogen) atoms. The molecule has 7 heteroatoms. The van der Waals surface area contributed by atoms with Crippen LogP contribution >= 0.6 is 0 Å². The molecule has 0 aliphatic carbocycles. The second kappa shape index (κ2) is 8.43. The van der Waals surface area contributed by atoms with E-state index in [2.05, 4.69) is 15.6 Å². The molecule has 1 aliphatic rings. The van der Waals surface area contributed by atoms with E-state index in [9.17, 15) is 9.90 Å². The number of nitrogens with zero attached hydrogens (tertiary/aromatic N) is 1. The van der Waals surface area contributed by atoms with E-state index in [4.69, 9.17) is 9.47 Å². The van der Waals surface area contributed by atoms with Crippen LogP contribution in [0, 0.1) is 5.41 Å². The molecule has 0 spiro atoms. The highest BCUT2D eigenvalue weighted by molar-refractivity contribution is 5.95. The summed E-state index contributed by atoms with van der Waals surface area (Å²) >= 11 is 0. The second-order valence-electron chi connectivity index (χ2n) is 6.83. The van der Waals surface area contributed by atoms with E-state index < -0.39 is 5.41 Å². The van der Waals surface area contributed by atoms with Crippen molar-refractivity contribution in [2.24, 2.45) is 5.41 Å². The van der Waals surface area contributed by atoms with E-state index in [1.807, 2.05) is 25.1 Å². The molecule has 2 heterocycles. The first-order valence-corrected chi connectivity index (χ1v) is 9.37. The molecule has 1 aliphatic heterocycles. The molecule has 1 aromatic carbocycles. The first kappa shape index (κ1) is 19.2. The van der Waals surface area contributed by atoms with Gasteiger partial charge in [-0.3, -0.25) is 9.78 Å². The molecule has 0 saturated carbocycles. The van der Waals surface area contributed by atoms with Gasteiger partial charge in [-0.05, 0) is 57.5 Å². The smallest absolute Gasteiger partial charge is 0.312 e. The van der Waals surface area contributed by atoms with Gasteiger partial charge < -0.3 is 25.2 Å². The van der Waals surface area contributed by atoms with Crippen LogP contribution in [0.25, 0.3) is 10.9 Å². The van der Waals surface area contributed by atoms with Gasteiger partial charge >= 0.3 is 5.97 Å². The summed E-state index contributed by atoms with van der Waals surface area (Å²) in [6, 6.07) is 5.53. The predicted molar refractivity (Wildman–Crippen MR) is 104 cm³/mol. The fourth-order valence-corrected chi connectivity index (χ4v) is 3.65. The minimum Gasteiger partial charge on any atom is -0.504 e. The summed E-state index contributed by atoms with van der Waals surface area (Å²) in [6.07, 6.45) is 3.58. The third-order valence-electron chi connectivity index (χ3n) is 5.23. The third kappa shape index (κ3) is 4.08. The molecule has 1 saturated heterocycles. The number of carbonyl (C=O) groups is 1. The van der Waals surface area contributed by atoms with Crippen molar-refractivity contribution in [3.63, 3.8) is 0 Å². The summed E-state index contributed by atoms with van der Waals surface area (Å²) in [4.78, 5) is 16.8. The molecule has 1 aromatic heterocycles. The van der Waals surface area contributed by atoms with Crippen molar-refractivity contribution in [3.8, 4) is 11.5 Å². The average molecular weight is 373 g/mol. The van der Waals surface area contributed by atoms with Crippen molar-refractivity contribution in [2.45, 2.75) is 26.2 Å². The lowest BCUT2D eigenvalue weighted by atomic mass is 9.76. The first-order chi connectivity index (χ1) is 13.1. The molecule has 3 rings (SSSR count). The number of hydrogen-bond acceptors (Lipinski definition) is 7. The minimum absolute atomic E-state index is 0.0752. The fourth-order valence-electron chi connectivity index (χ4n) is 3.65. The number of pyridine rings is 1. The summed E-state index contributed by atoms with van der Waals surface area (Å²) in [6.45, 7) is 4.37. The van der Waals surface area contributed by atoms with Gasteiger partial charge in [0, 0.05) is 11.9 Å². The fraction of sp³-hybridized carbons (Fsp3) is 0.500.